The summed E-state index contributed by atoms with van der Waals surface area (Å²) in [5.41, 5.74) is 13.2. The topological polar surface area (TPSA) is 98.2 Å². The lowest BCUT2D eigenvalue weighted by molar-refractivity contribution is -0.114. The first-order valence-corrected chi connectivity index (χ1v) is 6.83. The molecule has 5 N–H and O–H groups in total. The Morgan fingerprint density at radius 1 is 1.30 bits per heavy atom. The number of hydrogen-bond donors (Lipinski definition) is 3. The van der Waals surface area contributed by atoms with E-state index in [-0.39, 0.29) is 5.91 Å². The molecule has 20 heavy (non-hydrogen) atoms. The summed E-state index contributed by atoms with van der Waals surface area (Å²) in [4.78, 5) is 23.4. The van der Waals surface area contributed by atoms with Crippen LogP contribution in [0, 0.1) is 0 Å². The maximum Gasteiger partial charge on any atom is 0.251 e. The van der Waals surface area contributed by atoms with Gasteiger partial charge in [0.25, 0.3) is 5.91 Å². The maximum atomic E-state index is 11.4. The van der Waals surface area contributed by atoms with Gasteiger partial charge in [-0.3, -0.25) is 9.59 Å². The summed E-state index contributed by atoms with van der Waals surface area (Å²) >= 11 is 1.31. The van der Waals surface area contributed by atoms with Gasteiger partial charge in [0.2, 0.25) is 5.91 Å². The van der Waals surface area contributed by atoms with E-state index in [1.165, 1.54) is 18.3 Å². The molecule has 0 saturated heterocycles. The zero-order valence-electron chi connectivity index (χ0n) is 11.0. The molecule has 104 valence electrons. The standard InChI is InChI=1S/C14H15N3O2S/c1-8(18)17-14-11(13(16)19)6-12(20-14)10-4-2-3-9(5-10)7-15/h2-6H,7,15H2,1H3,(H2,16,19)(H,17,18). The summed E-state index contributed by atoms with van der Waals surface area (Å²) < 4.78 is 0. The van der Waals surface area contributed by atoms with Crippen molar-refractivity contribution < 1.29 is 9.59 Å². The molecule has 0 radical (unpaired) electrons. The van der Waals surface area contributed by atoms with Crippen molar-refractivity contribution in [3.05, 3.63) is 41.5 Å². The molecule has 0 aliphatic rings. The Bertz CT molecular complexity index is 664. The number of amides is 2. The van der Waals surface area contributed by atoms with Gasteiger partial charge in [-0.1, -0.05) is 18.2 Å². The van der Waals surface area contributed by atoms with Crippen molar-refractivity contribution in [1.29, 1.82) is 0 Å². The number of carbonyl (C=O) groups excluding carboxylic acids is 2. The Kier molecular flexibility index (Phi) is 4.16. The summed E-state index contributed by atoms with van der Waals surface area (Å²) in [7, 11) is 0. The van der Waals surface area contributed by atoms with Crippen LogP contribution in [-0.2, 0) is 11.3 Å². The molecule has 1 aromatic carbocycles. The number of hydrogen-bond acceptors (Lipinski definition) is 4. The summed E-state index contributed by atoms with van der Waals surface area (Å²) in [6.45, 7) is 1.83. The van der Waals surface area contributed by atoms with E-state index in [0.717, 1.165) is 16.0 Å². The second-order valence-electron chi connectivity index (χ2n) is 4.30. The highest BCUT2D eigenvalue weighted by Crippen LogP contribution is 2.35. The molecular weight excluding hydrogens is 274 g/mol. The zero-order chi connectivity index (χ0) is 14.7. The zero-order valence-corrected chi connectivity index (χ0v) is 11.8. The van der Waals surface area contributed by atoms with E-state index in [0.29, 0.717) is 17.1 Å². The van der Waals surface area contributed by atoms with Crippen molar-refractivity contribution in [3.63, 3.8) is 0 Å². The van der Waals surface area contributed by atoms with Crippen LogP contribution in [0.15, 0.2) is 30.3 Å². The Morgan fingerprint density at radius 2 is 2.05 bits per heavy atom. The summed E-state index contributed by atoms with van der Waals surface area (Å²) in [6.07, 6.45) is 0. The quantitative estimate of drug-likeness (QED) is 0.802. The fourth-order valence-electron chi connectivity index (χ4n) is 1.82. The first-order valence-electron chi connectivity index (χ1n) is 6.02. The van der Waals surface area contributed by atoms with Crippen LogP contribution in [0.3, 0.4) is 0 Å². The van der Waals surface area contributed by atoms with Gasteiger partial charge >= 0.3 is 0 Å². The molecule has 1 aromatic heterocycles. The van der Waals surface area contributed by atoms with Crippen molar-refractivity contribution in [1.82, 2.24) is 0 Å². The number of carbonyl (C=O) groups is 2. The number of rotatable bonds is 4. The lowest BCUT2D eigenvalue weighted by Gasteiger charge is -2.01. The van der Waals surface area contributed by atoms with Crippen molar-refractivity contribution in [2.75, 3.05) is 5.32 Å². The van der Waals surface area contributed by atoms with E-state index < -0.39 is 5.91 Å². The molecule has 0 atom stereocenters. The minimum atomic E-state index is -0.564. The second-order valence-corrected chi connectivity index (χ2v) is 5.36. The Balaban J connectivity index is 2.46. The Morgan fingerprint density at radius 3 is 2.65 bits per heavy atom. The second kappa shape index (κ2) is 5.85. The van der Waals surface area contributed by atoms with Crippen molar-refractivity contribution >= 4 is 28.2 Å². The SMILES string of the molecule is CC(=O)Nc1sc(-c2cccc(CN)c2)cc1C(N)=O. The number of nitrogens with one attached hydrogen (secondary N) is 1. The van der Waals surface area contributed by atoms with E-state index in [4.69, 9.17) is 11.5 Å². The van der Waals surface area contributed by atoms with Crippen molar-refractivity contribution in [3.8, 4) is 10.4 Å². The number of primary amides is 1. The van der Waals surface area contributed by atoms with Gasteiger partial charge in [0.1, 0.15) is 5.00 Å². The predicted molar refractivity (Wildman–Crippen MR) is 80.5 cm³/mol. The highest BCUT2D eigenvalue weighted by atomic mass is 32.1. The van der Waals surface area contributed by atoms with Gasteiger partial charge in [0.15, 0.2) is 0 Å². The molecule has 0 unspecified atom stereocenters. The van der Waals surface area contributed by atoms with Gasteiger partial charge in [0, 0.05) is 18.3 Å². The van der Waals surface area contributed by atoms with Gasteiger partial charge in [0.05, 0.1) is 5.56 Å². The average Bonchev–Trinajstić information content (AvgIpc) is 2.82. The van der Waals surface area contributed by atoms with Crippen LogP contribution in [0.4, 0.5) is 5.00 Å². The fraction of sp³-hybridized carbons (Fsp3) is 0.143. The van der Waals surface area contributed by atoms with E-state index >= 15 is 0 Å². The Labute approximate surface area is 120 Å². The minimum absolute atomic E-state index is 0.239. The molecule has 6 heteroatoms. The third-order valence-corrected chi connectivity index (χ3v) is 3.83. The fourth-order valence-corrected chi connectivity index (χ4v) is 2.93. The molecule has 1 heterocycles. The molecule has 5 nitrogen and oxygen atoms in total. The molecule has 0 bridgehead atoms. The maximum absolute atomic E-state index is 11.4. The smallest absolute Gasteiger partial charge is 0.251 e. The van der Waals surface area contributed by atoms with E-state index in [1.54, 1.807) is 6.07 Å². The van der Waals surface area contributed by atoms with Gasteiger partial charge < -0.3 is 16.8 Å². The van der Waals surface area contributed by atoms with E-state index in [9.17, 15) is 9.59 Å². The van der Waals surface area contributed by atoms with Crippen LogP contribution in [0.5, 0.6) is 0 Å². The molecule has 0 saturated carbocycles. The lowest BCUT2D eigenvalue weighted by atomic mass is 10.1. The lowest BCUT2D eigenvalue weighted by Crippen LogP contribution is -2.14. The third-order valence-electron chi connectivity index (χ3n) is 2.73. The monoisotopic (exact) mass is 289 g/mol. The first-order chi connectivity index (χ1) is 9.51. The third kappa shape index (κ3) is 3.04. The Hall–Kier alpha value is -2.18. The van der Waals surface area contributed by atoms with E-state index in [1.807, 2.05) is 24.3 Å². The van der Waals surface area contributed by atoms with Gasteiger partial charge in [-0.25, -0.2) is 0 Å². The molecule has 0 aliphatic heterocycles. The molecule has 0 fully saturated rings. The van der Waals surface area contributed by atoms with Crippen LogP contribution in [0.25, 0.3) is 10.4 Å². The number of thiophene rings is 1. The summed E-state index contributed by atoms with van der Waals surface area (Å²) in [5, 5.41) is 3.10. The van der Waals surface area contributed by atoms with E-state index in [2.05, 4.69) is 5.32 Å². The normalized spacial score (nSPS) is 10.3. The molecule has 2 rings (SSSR count). The average molecular weight is 289 g/mol. The molecular formula is C14H15N3O2S. The van der Waals surface area contributed by atoms with Crippen LogP contribution in [0.1, 0.15) is 22.8 Å². The number of anilines is 1. The largest absolute Gasteiger partial charge is 0.366 e. The minimum Gasteiger partial charge on any atom is -0.366 e. The highest BCUT2D eigenvalue weighted by Gasteiger charge is 2.15. The van der Waals surface area contributed by atoms with Crippen molar-refractivity contribution in [2.24, 2.45) is 11.5 Å². The van der Waals surface area contributed by atoms with Crippen molar-refractivity contribution in [2.45, 2.75) is 13.5 Å². The molecule has 0 spiro atoms. The molecule has 2 amide bonds. The number of benzene rings is 1. The van der Waals surface area contributed by atoms with Gasteiger partial charge in [-0.15, -0.1) is 11.3 Å². The molecule has 2 aromatic rings. The number of nitrogens with two attached hydrogens (primary N) is 2. The first kappa shape index (κ1) is 14.2. The van der Waals surface area contributed by atoms with Gasteiger partial charge in [-0.05, 0) is 23.3 Å². The summed E-state index contributed by atoms with van der Waals surface area (Å²) in [5.74, 6) is -0.803. The predicted octanol–water partition coefficient (Wildman–Crippen LogP) is 1.93. The molecule has 0 aliphatic carbocycles. The van der Waals surface area contributed by atoms with Crippen LogP contribution in [-0.4, -0.2) is 11.8 Å². The summed E-state index contributed by atoms with van der Waals surface area (Å²) in [6, 6.07) is 9.40. The van der Waals surface area contributed by atoms with Gasteiger partial charge in [-0.2, -0.15) is 0 Å². The van der Waals surface area contributed by atoms with Crippen LogP contribution < -0.4 is 16.8 Å². The van der Waals surface area contributed by atoms with Crippen LogP contribution >= 0.6 is 11.3 Å². The highest BCUT2D eigenvalue weighted by molar-refractivity contribution is 7.20. The van der Waals surface area contributed by atoms with Crippen LogP contribution in [0.2, 0.25) is 0 Å².